The van der Waals surface area contributed by atoms with Gasteiger partial charge < -0.3 is 5.73 Å². The van der Waals surface area contributed by atoms with Crippen LogP contribution in [0, 0.1) is 12.3 Å². The lowest BCUT2D eigenvalue weighted by atomic mass is 9.93. The predicted molar refractivity (Wildman–Crippen MR) is 60.8 cm³/mol. The van der Waals surface area contributed by atoms with Gasteiger partial charge in [-0.1, -0.05) is 23.7 Å². The van der Waals surface area contributed by atoms with E-state index in [9.17, 15) is 4.79 Å². The number of halogens is 1. The standard InChI is InChI=1S/C12H14ClNO/c1-8-9(3-2-4-10(8)13)7-12(5-6-12)11(14)15/h2-4H,5-7H2,1H3,(H2,14,15). The van der Waals surface area contributed by atoms with Crippen LogP contribution in [0.3, 0.4) is 0 Å². The highest BCUT2D eigenvalue weighted by Crippen LogP contribution is 2.48. The van der Waals surface area contributed by atoms with Crippen LogP contribution in [0.25, 0.3) is 0 Å². The van der Waals surface area contributed by atoms with E-state index in [1.807, 2.05) is 25.1 Å². The van der Waals surface area contributed by atoms with Crippen LogP contribution in [0.4, 0.5) is 0 Å². The third kappa shape index (κ3) is 1.86. The van der Waals surface area contributed by atoms with Gasteiger partial charge in [0.15, 0.2) is 0 Å². The monoisotopic (exact) mass is 223 g/mol. The second kappa shape index (κ2) is 3.53. The SMILES string of the molecule is Cc1c(Cl)cccc1CC1(C(N)=O)CC1. The van der Waals surface area contributed by atoms with Gasteiger partial charge in [-0.05, 0) is 43.4 Å². The summed E-state index contributed by atoms with van der Waals surface area (Å²) < 4.78 is 0. The molecule has 1 amide bonds. The first kappa shape index (κ1) is 10.5. The summed E-state index contributed by atoms with van der Waals surface area (Å²) in [5, 5.41) is 0.757. The molecule has 2 N–H and O–H groups in total. The number of benzene rings is 1. The van der Waals surface area contributed by atoms with Crippen LogP contribution in [0.5, 0.6) is 0 Å². The molecule has 2 rings (SSSR count). The number of hydrogen-bond acceptors (Lipinski definition) is 1. The molecule has 0 spiro atoms. The fourth-order valence-corrected chi connectivity index (χ4v) is 2.06. The second-order valence-corrected chi connectivity index (χ2v) is 4.75. The van der Waals surface area contributed by atoms with E-state index in [1.54, 1.807) is 0 Å². The van der Waals surface area contributed by atoms with E-state index in [4.69, 9.17) is 17.3 Å². The molecule has 1 aliphatic carbocycles. The van der Waals surface area contributed by atoms with Gasteiger partial charge in [0.1, 0.15) is 0 Å². The Morgan fingerprint density at radius 1 is 1.53 bits per heavy atom. The zero-order valence-corrected chi connectivity index (χ0v) is 9.47. The molecule has 2 nitrogen and oxygen atoms in total. The first-order valence-electron chi connectivity index (χ1n) is 5.09. The summed E-state index contributed by atoms with van der Waals surface area (Å²) in [6.07, 6.45) is 2.55. The van der Waals surface area contributed by atoms with Gasteiger partial charge in [-0.15, -0.1) is 0 Å². The number of hydrogen-bond donors (Lipinski definition) is 1. The predicted octanol–water partition coefficient (Wildman–Crippen LogP) is 2.46. The second-order valence-electron chi connectivity index (χ2n) is 4.35. The van der Waals surface area contributed by atoms with Gasteiger partial charge >= 0.3 is 0 Å². The van der Waals surface area contributed by atoms with Crippen LogP contribution in [0.2, 0.25) is 5.02 Å². The summed E-state index contributed by atoms with van der Waals surface area (Å²) in [4.78, 5) is 11.3. The molecule has 0 radical (unpaired) electrons. The zero-order chi connectivity index (χ0) is 11.1. The summed E-state index contributed by atoms with van der Waals surface area (Å²) in [5.41, 5.74) is 7.31. The highest BCUT2D eigenvalue weighted by atomic mass is 35.5. The van der Waals surface area contributed by atoms with Crippen molar-refractivity contribution in [1.29, 1.82) is 0 Å². The maximum Gasteiger partial charge on any atom is 0.223 e. The molecule has 0 bridgehead atoms. The quantitative estimate of drug-likeness (QED) is 0.841. The third-order valence-electron chi connectivity index (χ3n) is 3.28. The van der Waals surface area contributed by atoms with Gasteiger partial charge in [0.2, 0.25) is 5.91 Å². The first-order chi connectivity index (χ1) is 7.05. The molecular formula is C12H14ClNO. The van der Waals surface area contributed by atoms with E-state index in [1.165, 1.54) is 0 Å². The number of rotatable bonds is 3. The Morgan fingerprint density at radius 2 is 2.20 bits per heavy atom. The maximum atomic E-state index is 11.3. The molecule has 80 valence electrons. The fraction of sp³-hybridized carbons (Fsp3) is 0.417. The summed E-state index contributed by atoms with van der Waals surface area (Å²) in [6.45, 7) is 1.98. The molecule has 0 aliphatic heterocycles. The average Bonchev–Trinajstić information content (AvgIpc) is 2.94. The minimum Gasteiger partial charge on any atom is -0.369 e. The first-order valence-corrected chi connectivity index (χ1v) is 5.47. The minimum absolute atomic E-state index is 0.179. The lowest BCUT2D eigenvalue weighted by molar-refractivity contribution is -0.123. The van der Waals surface area contributed by atoms with Crippen molar-refractivity contribution in [2.75, 3.05) is 0 Å². The van der Waals surface area contributed by atoms with Crippen molar-refractivity contribution in [3.05, 3.63) is 34.3 Å². The van der Waals surface area contributed by atoms with Gasteiger partial charge in [0, 0.05) is 5.02 Å². The van der Waals surface area contributed by atoms with Gasteiger partial charge in [0.25, 0.3) is 0 Å². The Kier molecular flexibility index (Phi) is 2.47. The van der Waals surface area contributed by atoms with Crippen LogP contribution in [0.1, 0.15) is 24.0 Å². The summed E-state index contributed by atoms with van der Waals surface area (Å²) in [5.74, 6) is -0.179. The van der Waals surface area contributed by atoms with Gasteiger partial charge in [-0.2, -0.15) is 0 Å². The highest BCUT2D eigenvalue weighted by molar-refractivity contribution is 6.31. The van der Waals surface area contributed by atoms with Crippen LogP contribution < -0.4 is 5.73 Å². The van der Waals surface area contributed by atoms with Gasteiger partial charge in [-0.3, -0.25) is 4.79 Å². The molecule has 0 saturated heterocycles. The van der Waals surface area contributed by atoms with Gasteiger partial charge in [-0.25, -0.2) is 0 Å². The van der Waals surface area contributed by atoms with Gasteiger partial charge in [0.05, 0.1) is 5.41 Å². The molecule has 1 fully saturated rings. The van der Waals surface area contributed by atoms with Crippen molar-refractivity contribution in [2.24, 2.45) is 11.1 Å². The Balaban J connectivity index is 2.25. The summed E-state index contributed by atoms with van der Waals surface area (Å²) >= 11 is 6.03. The van der Waals surface area contributed by atoms with Crippen molar-refractivity contribution in [2.45, 2.75) is 26.2 Å². The maximum absolute atomic E-state index is 11.3. The molecule has 0 aromatic heterocycles. The lowest BCUT2D eigenvalue weighted by Gasteiger charge is -2.13. The molecule has 1 aliphatic rings. The minimum atomic E-state index is -0.282. The number of carbonyl (C=O) groups excluding carboxylic acids is 1. The van der Waals surface area contributed by atoms with Crippen molar-refractivity contribution in [1.82, 2.24) is 0 Å². The van der Waals surface area contributed by atoms with E-state index < -0.39 is 0 Å². The Morgan fingerprint density at radius 3 is 2.73 bits per heavy atom. The van der Waals surface area contributed by atoms with Crippen LogP contribution in [-0.2, 0) is 11.2 Å². The normalized spacial score (nSPS) is 17.5. The van der Waals surface area contributed by atoms with E-state index in [0.29, 0.717) is 0 Å². The van der Waals surface area contributed by atoms with Crippen LogP contribution >= 0.6 is 11.6 Å². The highest BCUT2D eigenvalue weighted by Gasteiger charge is 2.48. The van der Waals surface area contributed by atoms with E-state index >= 15 is 0 Å². The van der Waals surface area contributed by atoms with Crippen molar-refractivity contribution in [3.63, 3.8) is 0 Å². The third-order valence-corrected chi connectivity index (χ3v) is 3.69. The summed E-state index contributed by atoms with van der Waals surface area (Å²) in [7, 11) is 0. The summed E-state index contributed by atoms with van der Waals surface area (Å²) in [6, 6.07) is 5.80. The Hall–Kier alpha value is -1.02. The molecule has 0 heterocycles. The molecule has 1 aromatic rings. The Bertz CT molecular complexity index is 410. The van der Waals surface area contributed by atoms with Crippen molar-refractivity contribution >= 4 is 17.5 Å². The number of primary amides is 1. The largest absolute Gasteiger partial charge is 0.369 e. The van der Waals surface area contributed by atoms with Crippen molar-refractivity contribution < 1.29 is 4.79 Å². The zero-order valence-electron chi connectivity index (χ0n) is 8.72. The molecule has 1 saturated carbocycles. The molecule has 0 atom stereocenters. The number of carbonyl (C=O) groups is 1. The molecule has 15 heavy (non-hydrogen) atoms. The molecule has 0 unspecified atom stereocenters. The van der Waals surface area contributed by atoms with E-state index in [2.05, 4.69) is 0 Å². The smallest absolute Gasteiger partial charge is 0.223 e. The van der Waals surface area contributed by atoms with Crippen LogP contribution in [0.15, 0.2) is 18.2 Å². The molecular weight excluding hydrogens is 210 g/mol. The molecule has 3 heteroatoms. The van der Waals surface area contributed by atoms with Crippen LogP contribution in [-0.4, -0.2) is 5.91 Å². The molecule has 1 aromatic carbocycles. The lowest BCUT2D eigenvalue weighted by Crippen LogP contribution is -2.26. The number of nitrogens with two attached hydrogens (primary N) is 1. The fourth-order valence-electron chi connectivity index (χ4n) is 1.87. The van der Waals surface area contributed by atoms with E-state index in [0.717, 1.165) is 35.4 Å². The Labute approximate surface area is 94.4 Å². The number of amides is 1. The van der Waals surface area contributed by atoms with Crippen molar-refractivity contribution in [3.8, 4) is 0 Å². The van der Waals surface area contributed by atoms with E-state index in [-0.39, 0.29) is 11.3 Å². The average molecular weight is 224 g/mol. The topological polar surface area (TPSA) is 43.1 Å².